The Balaban J connectivity index is 2.35. The topological polar surface area (TPSA) is 52.8 Å². The van der Waals surface area contributed by atoms with Gasteiger partial charge in [0.05, 0.1) is 0 Å². The predicted molar refractivity (Wildman–Crippen MR) is 91.5 cm³/mol. The Morgan fingerprint density at radius 1 is 1.17 bits per heavy atom. The van der Waals surface area contributed by atoms with E-state index in [1.54, 1.807) is 0 Å². The van der Waals surface area contributed by atoms with E-state index in [0.29, 0.717) is 0 Å². The zero-order chi connectivity index (χ0) is 18.3. The number of hydrogen-bond acceptors (Lipinski definition) is 4. The normalized spacial score (nSPS) is 12.7. The highest BCUT2D eigenvalue weighted by Crippen LogP contribution is 2.37. The summed E-state index contributed by atoms with van der Waals surface area (Å²) in [6.45, 7) is 10.4. The molecule has 0 aliphatic rings. The molecule has 0 aromatic carbocycles. The van der Waals surface area contributed by atoms with Crippen molar-refractivity contribution in [2.75, 3.05) is 0 Å². The lowest BCUT2D eigenvalue weighted by Crippen LogP contribution is -2.41. The van der Waals surface area contributed by atoms with Crippen molar-refractivity contribution in [1.29, 1.82) is 0 Å². The molecule has 0 saturated carbocycles. The van der Waals surface area contributed by atoms with Crippen molar-refractivity contribution in [1.82, 2.24) is 19.7 Å². The quantitative estimate of drug-likeness (QED) is 0.546. The average molecular weight is 395 g/mol. The molecule has 0 atom stereocenters. The fourth-order valence-corrected chi connectivity index (χ4v) is 2.88. The first-order valence-electron chi connectivity index (χ1n) is 7.18. The zero-order valence-electron chi connectivity index (χ0n) is 14.0. The summed E-state index contributed by atoms with van der Waals surface area (Å²) in [5.41, 5.74) is 0.204. The van der Waals surface area contributed by atoms with Gasteiger partial charge in [0.25, 0.3) is 0 Å². The number of aromatic nitrogens is 4. The summed E-state index contributed by atoms with van der Waals surface area (Å²) >= 11 is 11.4. The first-order valence-corrected chi connectivity index (χ1v) is 10.8. The Morgan fingerprint density at radius 2 is 1.71 bits per heavy atom. The van der Waals surface area contributed by atoms with E-state index in [2.05, 4.69) is 48.9 Å². The first-order chi connectivity index (χ1) is 10.9. The van der Waals surface area contributed by atoms with Crippen LogP contribution < -0.4 is 0 Å². The summed E-state index contributed by atoms with van der Waals surface area (Å²) in [6, 6.07) is 1.12. The van der Waals surface area contributed by atoms with Crippen molar-refractivity contribution >= 4 is 31.5 Å². The van der Waals surface area contributed by atoms with E-state index >= 15 is 0 Å². The largest absolute Gasteiger partial charge is 0.398 e. The van der Waals surface area contributed by atoms with Crippen molar-refractivity contribution in [3.63, 3.8) is 0 Å². The van der Waals surface area contributed by atoms with Gasteiger partial charge in [0.15, 0.2) is 30.3 Å². The van der Waals surface area contributed by atoms with Crippen molar-refractivity contribution in [3.05, 3.63) is 28.1 Å². The van der Waals surface area contributed by atoms with Gasteiger partial charge in [-0.05, 0) is 18.1 Å². The van der Waals surface area contributed by atoms with Gasteiger partial charge in [-0.15, -0.1) is 5.10 Å². The van der Waals surface area contributed by atoms with Crippen LogP contribution >= 0.6 is 23.2 Å². The molecule has 0 amide bonds. The highest BCUT2D eigenvalue weighted by molar-refractivity contribution is 6.74. The third-order valence-corrected chi connectivity index (χ3v) is 9.07. The third-order valence-electron chi connectivity index (χ3n) is 4.10. The minimum Gasteiger partial charge on any atom is -0.398 e. The summed E-state index contributed by atoms with van der Waals surface area (Å²) < 4.78 is 34.4. The van der Waals surface area contributed by atoms with Crippen LogP contribution in [0.2, 0.25) is 28.4 Å². The molecule has 0 radical (unpaired) electrons. The van der Waals surface area contributed by atoms with Crippen LogP contribution in [0.5, 0.6) is 0 Å². The summed E-state index contributed by atoms with van der Waals surface area (Å²) in [6.07, 6.45) is 0. The number of rotatable bonds is 4. The van der Waals surface area contributed by atoms with Crippen molar-refractivity contribution in [2.45, 2.75) is 45.6 Å². The molecule has 0 N–H and O–H groups in total. The van der Waals surface area contributed by atoms with Gasteiger partial charge in [0.2, 0.25) is 5.95 Å². The lowest BCUT2D eigenvalue weighted by Gasteiger charge is -2.36. The van der Waals surface area contributed by atoms with E-state index in [9.17, 15) is 8.78 Å². The van der Waals surface area contributed by atoms with Crippen LogP contribution in [0, 0.1) is 11.8 Å². The lowest BCUT2D eigenvalue weighted by molar-refractivity contribution is 0.198. The van der Waals surface area contributed by atoms with Crippen LogP contribution in [0.25, 0.3) is 11.5 Å². The van der Waals surface area contributed by atoms with Crippen LogP contribution in [0.3, 0.4) is 0 Å². The number of hydrogen-bond donors (Lipinski definition) is 0. The molecule has 10 heteroatoms. The number of halogens is 4. The second kappa shape index (κ2) is 6.66. The molecular weight excluding hydrogens is 377 g/mol. The molecule has 0 aliphatic carbocycles. The van der Waals surface area contributed by atoms with Crippen LogP contribution in [0.4, 0.5) is 8.78 Å². The van der Waals surface area contributed by atoms with E-state index in [-0.39, 0.29) is 23.3 Å². The average Bonchev–Trinajstić information content (AvgIpc) is 2.82. The maximum atomic E-state index is 13.6. The molecule has 0 saturated heterocycles. The Labute approximate surface area is 150 Å². The summed E-state index contributed by atoms with van der Waals surface area (Å²) in [5.74, 6) is -1.68. The van der Waals surface area contributed by atoms with Gasteiger partial charge in [-0.2, -0.15) is 4.39 Å². The standard InChI is InChI=1S/C14H18Cl2F2N4OSi/c1-14(2,3)24(4,5)23-7-22-8(6-9(17)21-22)13-19-11(15)10(18)12(16)20-13/h6H,7H2,1-5H3. The SMILES string of the molecule is CC(C)(C)[Si](C)(C)OCn1nc(F)cc1-c1nc(Cl)c(F)c(Cl)n1. The zero-order valence-corrected chi connectivity index (χ0v) is 16.5. The van der Waals surface area contributed by atoms with Crippen LogP contribution in [0.1, 0.15) is 20.8 Å². The molecule has 5 nitrogen and oxygen atoms in total. The highest BCUT2D eigenvalue weighted by atomic mass is 35.5. The maximum absolute atomic E-state index is 13.6. The van der Waals surface area contributed by atoms with Crippen molar-refractivity contribution in [3.8, 4) is 11.5 Å². The van der Waals surface area contributed by atoms with Crippen LogP contribution in [-0.2, 0) is 11.2 Å². The molecule has 0 unspecified atom stereocenters. The van der Waals surface area contributed by atoms with Gasteiger partial charge in [-0.25, -0.2) is 19.0 Å². The molecule has 2 aromatic heterocycles. The monoisotopic (exact) mass is 394 g/mol. The second-order valence-corrected chi connectivity index (χ2v) is 12.4. The minimum absolute atomic E-state index is 0.0160. The summed E-state index contributed by atoms with van der Waals surface area (Å²) in [4.78, 5) is 7.59. The lowest BCUT2D eigenvalue weighted by atomic mass is 10.2. The molecule has 0 spiro atoms. The number of nitrogens with zero attached hydrogens (tertiary/aromatic N) is 4. The van der Waals surface area contributed by atoms with Gasteiger partial charge in [0, 0.05) is 6.07 Å². The Bertz CT molecular complexity index is 739. The van der Waals surface area contributed by atoms with E-state index in [0.717, 1.165) is 6.07 Å². The molecule has 0 bridgehead atoms. The van der Waals surface area contributed by atoms with Crippen LogP contribution in [0.15, 0.2) is 6.07 Å². The Morgan fingerprint density at radius 3 is 2.21 bits per heavy atom. The van der Waals surface area contributed by atoms with Gasteiger partial charge in [-0.3, -0.25) is 0 Å². The van der Waals surface area contributed by atoms with Crippen LogP contribution in [-0.4, -0.2) is 28.1 Å². The minimum atomic E-state index is -2.07. The first kappa shape index (κ1) is 19.2. The van der Waals surface area contributed by atoms with Gasteiger partial charge < -0.3 is 4.43 Å². The third kappa shape index (κ3) is 3.93. The maximum Gasteiger partial charge on any atom is 0.233 e. The molecule has 0 fully saturated rings. The van der Waals surface area contributed by atoms with Gasteiger partial charge in [-0.1, -0.05) is 44.0 Å². The van der Waals surface area contributed by atoms with E-state index in [4.69, 9.17) is 27.6 Å². The smallest absolute Gasteiger partial charge is 0.233 e. The fourth-order valence-electron chi connectivity index (χ4n) is 1.61. The summed E-state index contributed by atoms with van der Waals surface area (Å²) in [5, 5.41) is 2.84. The Hall–Kier alpha value is -1.09. The van der Waals surface area contributed by atoms with Gasteiger partial charge >= 0.3 is 0 Å². The summed E-state index contributed by atoms with van der Waals surface area (Å²) in [7, 11) is -2.07. The van der Waals surface area contributed by atoms with Gasteiger partial charge in [0.1, 0.15) is 12.4 Å². The molecule has 132 valence electrons. The molecule has 2 aromatic rings. The predicted octanol–water partition coefficient (Wildman–Crippen LogP) is 4.90. The fraction of sp³-hybridized carbons (Fsp3) is 0.500. The molecular formula is C14H18Cl2F2N4OSi. The molecule has 24 heavy (non-hydrogen) atoms. The Kier molecular flexibility index (Phi) is 5.34. The highest BCUT2D eigenvalue weighted by Gasteiger charge is 2.37. The van der Waals surface area contributed by atoms with E-state index in [1.807, 2.05) is 0 Å². The van der Waals surface area contributed by atoms with E-state index in [1.165, 1.54) is 4.68 Å². The molecule has 2 heterocycles. The van der Waals surface area contributed by atoms with Crippen molar-refractivity contribution < 1.29 is 13.2 Å². The molecule has 0 aliphatic heterocycles. The molecule has 2 rings (SSSR count). The van der Waals surface area contributed by atoms with Crippen molar-refractivity contribution in [2.24, 2.45) is 0 Å². The van der Waals surface area contributed by atoms with E-state index < -0.39 is 30.4 Å². The second-order valence-electron chi connectivity index (χ2n) is 6.83.